The summed E-state index contributed by atoms with van der Waals surface area (Å²) in [5, 5.41) is 16.3. The standard InChI is InChI=1S/C14H22N4O/c1-3-6-14(12-15,7-4-2)13(19)16-9-11-18-10-5-8-17-18/h5,8,10H,3-4,6-7,9,11H2,1-2H3,(H,16,19). The van der Waals surface area contributed by atoms with Gasteiger partial charge in [-0.1, -0.05) is 26.7 Å². The van der Waals surface area contributed by atoms with Crippen LogP contribution in [0.15, 0.2) is 18.5 Å². The summed E-state index contributed by atoms with van der Waals surface area (Å²) in [5.41, 5.74) is -0.867. The van der Waals surface area contributed by atoms with E-state index in [4.69, 9.17) is 0 Å². The van der Waals surface area contributed by atoms with Crippen molar-refractivity contribution in [1.82, 2.24) is 15.1 Å². The van der Waals surface area contributed by atoms with Crippen molar-refractivity contribution >= 4 is 5.91 Å². The van der Waals surface area contributed by atoms with E-state index in [1.807, 2.05) is 26.1 Å². The molecule has 0 aliphatic heterocycles. The smallest absolute Gasteiger partial charge is 0.240 e. The molecule has 0 fully saturated rings. The Morgan fingerprint density at radius 2 is 2.11 bits per heavy atom. The highest BCUT2D eigenvalue weighted by Crippen LogP contribution is 2.29. The average Bonchev–Trinajstić information content (AvgIpc) is 2.91. The van der Waals surface area contributed by atoms with Gasteiger partial charge in [0.25, 0.3) is 0 Å². The van der Waals surface area contributed by atoms with Crippen molar-refractivity contribution in [3.63, 3.8) is 0 Å². The Labute approximate surface area is 114 Å². The molecule has 0 unspecified atom stereocenters. The number of carbonyl (C=O) groups is 1. The quantitative estimate of drug-likeness (QED) is 0.780. The molecular formula is C14H22N4O. The number of nitrogens with zero attached hydrogens (tertiary/aromatic N) is 3. The van der Waals surface area contributed by atoms with E-state index in [0.717, 1.165) is 12.8 Å². The maximum absolute atomic E-state index is 12.2. The number of carbonyl (C=O) groups excluding carboxylic acids is 1. The highest BCUT2D eigenvalue weighted by Gasteiger charge is 2.36. The minimum absolute atomic E-state index is 0.147. The molecule has 0 aromatic carbocycles. The van der Waals surface area contributed by atoms with Crippen molar-refractivity contribution in [2.24, 2.45) is 5.41 Å². The molecule has 104 valence electrons. The Kier molecular flexibility index (Phi) is 6.07. The van der Waals surface area contributed by atoms with Gasteiger partial charge in [0, 0.05) is 18.9 Å². The molecule has 5 nitrogen and oxygen atoms in total. The van der Waals surface area contributed by atoms with E-state index in [9.17, 15) is 10.1 Å². The number of rotatable bonds is 8. The Hall–Kier alpha value is -1.83. The second-order valence-electron chi connectivity index (χ2n) is 4.72. The molecule has 0 aliphatic carbocycles. The van der Waals surface area contributed by atoms with Crippen molar-refractivity contribution in [1.29, 1.82) is 5.26 Å². The predicted molar refractivity (Wildman–Crippen MR) is 73.1 cm³/mol. The minimum atomic E-state index is -0.867. The maximum atomic E-state index is 12.2. The van der Waals surface area contributed by atoms with Crippen LogP contribution in [-0.4, -0.2) is 22.2 Å². The first-order valence-electron chi connectivity index (χ1n) is 6.85. The van der Waals surface area contributed by atoms with Crippen LogP contribution in [0, 0.1) is 16.7 Å². The van der Waals surface area contributed by atoms with E-state index in [0.29, 0.717) is 25.9 Å². The molecule has 1 aromatic heterocycles. The van der Waals surface area contributed by atoms with Gasteiger partial charge in [0.15, 0.2) is 0 Å². The van der Waals surface area contributed by atoms with Gasteiger partial charge in [0.05, 0.1) is 12.6 Å². The highest BCUT2D eigenvalue weighted by molar-refractivity contribution is 5.85. The fourth-order valence-corrected chi connectivity index (χ4v) is 2.25. The van der Waals surface area contributed by atoms with Crippen LogP contribution in [0.2, 0.25) is 0 Å². The van der Waals surface area contributed by atoms with Crippen molar-refractivity contribution in [2.45, 2.75) is 46.1 Å². The van der Waals surface area contributed by atoms with Crippen LogP contribution in [0.5, 0.6) is 0 Å². The van der Waals surface area contributed by atoms with Crippen LogP contribution in [0.4, 0.5) is 0 Å². The molecule has 0 saturated heterocycles. The molecular weight excluding hydrogens is 240 g/mol. The van der Waals surface area contributed by atoms with E-state index in [-0.39, 0.29) is 5.91 Å². The Balaban J connectivity index is 2.54. The first-order chi connectivity index (χ1) is 9.18. The lowest BCUT2D eigenvalue weighted by Crippen LogP contribution is -2.41. The Bertz CT molecular complexity index is 413. The minimum Gasteiger partial charge on any atom is -0.353 e. The number of hydrogen-bond donors (Lipinski definition) is 1. The molecule has 1 N–H and O–H groups in total. The molecule has 1 amide bonds. The van der Waals surface area contributed by atoms with Crippen LogP contribution < -0.4 is 5.32 Å². The van der Waals surface area contributed by atoms with E-state index in [2.05, 4.69) is 16.5 Å². The summed E-state index contributed by atoms with van der Waals surface area (Å²) in [6.45, 7) is 5.12. The van der Waals surface area contributed by atoms with Crippen LogP contribution in [0.3, 0.4) is 0 Å². The highest BCUT2D eigenvalue weighted by atomic mass is 16.2. The summed E-state index contributed by atoms with van der Waals surface area (Å²) in [6, 6.07) is 4.07. The summed E-state index contributed by atoms with van der Waals surface area (Å²) in [7, 11) is 0. The predicted octanol–water partition coefficient (Wildman–Crippen LogP) is 2.11. The molecule has 0 radical (unpaired) electrons. The van der Waals surface area contributed by atoms with Crippen molar-refractivity contribution < 1.29 is 4.79 Å². The van der Waals surface area contributed by atoms with Crippen molar-refractivity contribution in [2.75, 3.05) is 6.54 Å². The summed E-state index contributed by atoms with van der Waals surface area (Å²) < 4.78 is 1.76. The fourth-order valence-electron chi connectivity index (χ4n) is 2.25. The number of aromatic nitrogens is 2. The van der Waals surface area contributed by atoms with Gasteiger partial charge in [-0.05, 0) is 18.9 Å². The zero-order chi connectivity index (χ0) is 14.1. The normalized spacial score (nSPS) is 11.0. The summed E-state index contributed by atoms with van der Waals surface area (Å²) in [5.74, 6) is -0.147. The molecule has 19 heavy (non-hydrogen) atoms. The van der Waals surface area contributed by atoms with Crippen molar-refractivity contribution in [3.8, 4) is 6.07 Å². The van der Waals surface area contributed by atoms with Crippen LogP contribution in [0.25, 0.3) is 0 Å². The third kappa shape index (κ3) is 4.09. The van der Waals surface area contributed by atoms with E-state index < -0.39 is 5.41 Å². The second-order valence-corrected chi connectivity index (χ2v) is 4.72. The molecule has 0 bridgehead atoms. The zero-order valence-electron chi connectivity index (χ0n) is 11.7. The topological polar surface area (TPSA) is 70.7 Å². The van der Waals surface area contributed by atoms with E-state index in [1.165, 1.54) is 0 Å². The first kappa shape index (κ1) is 15.2. The van der Waals surface area contributed by atoms with E-state index in [1.54, 1.807) is 10.9 Å². The largest absolute Gasteiger partial charge is 0.353 e. The van der Waals surface area contributed by atoms with Crippen molar-refractivity contribution in [3.05, 3.63) is 18.5 Å². The lowest BCUT2D eigenvalue weighted by Gasteiger charge is -2.24. The number of hydrogen-bond acceptors (Lipinski definition) is 3. The Morgan fingerprint density at radius 1 is 1.42 bits per heavy atom. The Morgan fingerprint density at radius 3 is 2.58 bits per heavy atom. The van der Waals surface area contributed by atoms with Crippen LogP contribution in [-0.2, 0) is 11.3 Å². The van der Waals surface area contributed by atoms with Gasteiger partial charge < -0.3 is 5.32 Å². The number of amides is 1. The molecule has 0 spiro atoms. The lowest BCUT2D eigenvalue weighted by molar-refractivity contribution is -0.128. The van der Waals surface area contributed by atoms with E-state index >= 15 is 0 Å². The molecule has 0 saturated carbocycles. The molecule has 5 heteroatoms. The van der Waals surface area contributed by atoms with Gasteiger partial charge in [-0.25, -0.2) is 0 Å². The molecule has 0 atom stereocenters. The number of nitrogens with one attached hydrogen (secondary N) is 1. The molecule has 0 aliphatic rings. The van der Waals surface area contributed by atoms with Gasteiger partial charge in [0.2, 0.25) is 5.91 Å². The zero-order valence-corrected chi connectivity index (χ0v) is 11.7. The second kappa shape index (κ2) is 7.57. The van der Waals surface area contributed by atoms with Crippen LogP contribution >= 0.6 is 0 Å². The summed E-state index contributed by atoms with van der Waals surface area (Å²) >= 11 is 0. The van der Waals surface area contributed by atoms with Gasteiger partial charge in [-0.15, -0.1) is 0 Å². The maximum Gasteiger partial charge on any atom is 0.240 e. The first-order valence-corrected chi connectivity index (χ1v) is 6.85. The van der Waals surface area contributed by atoms with Crippen LogP contribution in [0.1, 0.15) is 39.5 Å². The third-order valence-electron chi connectivity index (χ3n) is 3.19. The van der Waals surface area contributed by atoms with Gasteiger partial charge in [0.1, 0.15) is 5.41 Å². The van der Waals surface area contributed by atoms with Gasteiger partial charge in [-0.2, -0.15) is 10.4 Å². The summed E-state index contributed by atoms with van der Waals surface area (Å²) in [6.07, 6.45) is 6.45. The molecule has 1 heterocycles. The average molecular weight is 262 g/mol. The fraction of sp³-hybridized carbons (Fsp3) is 0.643. The summed E-state index contributed by atoms with van der Waals surface area (Å²) in [4.78, 5) is 12.2. The van der Waals surface area contributed by atoms with Gasteiger partial charge in [-0.3, -0.25) is 9.48 Å². The van der Waals surface area contributed by atoms with Gasteiger partial charge >= 0.3 is 0 Å². The third-order valence-corrected chi connectivity index (χ3v) is 3.19. The molecule has 1 aromatic rings. The lowest BCUT2D eigenvalue weighted by atomic mass is 9.80. The SMILES string of the molecule is CCCC(C#N)(CCC)C(=O)NCCn1cccn1. The molecule has 1 rings (SSSR count). The monoisotopic (exact) mass is 262 g/mol. The number of nitriles is 1.